The van der Waals surface area contributed by atoms with E-state index in [4.69, 9.17) is 16.6 Å². The molecule has 0 spiro atoms. The molecule has 6 heavy (non-hydrogen) atoms. The minimum atomic E-state index is -0.331. The zero-order valence-electron chi connectivity index (χ0n) is 3.26. The number of nitrogens with two attached hydrogens (primary N) is 2. The number of hydrogen-bond acceptors (Lipinski definition) is 2. The average molecular weight is 89.1 g/mol. The van der Waals surface area contributed by atoms with E-state index in [2.05, 4.69) is 4.99 Å². The van der Waals surface area contributed by atoms with Crippen LogP contribution in [-0.2, 0) is 0 Å². The molecule has 0 heterocycles. The molecule has 5 N–H and O–H groups in total. The molecule has 36 valence electrons. The average Bonchev–Trinajstić information content (AvgIpc) is 1.35. The molecule has 4 heteroatoms. The fourth-order valence-corrected chi connectivity index (χ4v) is 0.0816. The summed E-state index contributed by atoms with van der Waals surface area (Å²) in [6.45, 7) is -0.331. The summed E-state index contributed by atoms with van der Waals surface area (Å²) >= 11 is 0. The van der Waals surface area contributed by atoms with Crippen LogP contribution in [0, 0.1) is 0 Å². The topological polar surface area (TPSA) is 84.6 Å². The summed E-state index contributed by atoms with van der Waals surface area (Å²) in [4.78, 5) is 3.15. The highest BCUT2D eigenvalue weighted by atomic mass is 16.3. The Morgan fingerprint density at radius 3 is 2.17 bits per heavy atom. The van der Waals surface area contributed by atoms with Gasteiger partial charge >= 0.3 is 0 Å². The summed E-state index contributed by atoms with van der Waals surface area (Å²) in [7, 11) is 0. The summed E-state index contributed by atoms with van der Waals surface area (Å²) < 4.78 is 0. The van der Waals surface area contributed by atoms with Crippen molar-refractivity contribution in [1.29, 1.82) is 0 Å². The molecule has 0 saturated heterocycles. The first kappa shape index (κ1) is 5.23. The quantitative estimate of drug-likeness (QED) is 0.262. The molecule has 0 amide bonds. The number of guanidine groups is 1. The van der Waals surface area contributed by atoms with Crippen LogP contribution in [0.5, 0.6) is 0 Å². The fourth-order valence-electron chi connectivity index (χ4n) is 0.0816. The van der Waals surface area contributed by atoms with Crippen molar-refractivity contribution in [2.75, 3.05) is 6.73 Å². The molecule has 0 atom stereocenters. The molecule has 0 unspecified atom stereocenters. The molecule has 0 aliphatic heterocycles. The Morgan fingerprint density at radius 2 is 2.17 bits per heavy atom. The Labute approximate surface area is 35.5 Å². The largest absolute Gasteiger partial charge is 0.374 e. The fraction of sp³-hybridized carbons (Fsp3) is 0.500. The number of aliphatic imine (C=N–C) groups is 1. The molecule has 0 aliphatic carbocycles. The van der Waals surface area contributed by atoms with Gasteiger partial charge in [-0.1, -0.05) is 0 Å². The van der Waals surface area contributed by atoms with Gasteiger partial charge in [0.2, 0.25) is 0 Å². The van der Waals surface area contributed by atoms with E-state index in [1.54, 1.807) is 0 Å². The predicted molar refractivity (Wildman–Crippen MR) is 22.9 cm³/mol. The first-order valence-corrected chi connectivity index (χ1v) is 1.43. The molecule has 0 rings (SSSR count). The molecule has 0 aromatic rings. The second-order valence-electron chi connectivity index (χ2n) is 0.724. The standard InChI is InChI=1S/C2H7N3O/c3-2(4)5-1-6/h6H,1H2,(H4,3,4,5). The number of nitrogens with zero attached hydrogens (tertiary/aromatic N) is 1. The summed E-state index contributed by atoms with van der Waals surface area (Å²) in [5.41, 5.74) is 9.54. The normalized spacial score (nSPS) is 7.50. The summed E-state index contributed by atoms with van der Waals surface area (Å²) in [6, 6.07) is 0. The SMILES string of the molecule is NC(N)=NCO. The number of rotatable bonds is 1. The van der Waals surface area contributed by atoms with Crippen molar-refractivity contribution in [3.63, 3.8) is 0 Å². The van der Waals surface area contributed by atoms with E-state index in [-0.39, 0.29) is 12.7 Å². The monoisotopic (exact) mass is 89.1 g/mol. The molecular formula is C2H7N3O. The van der Waals surface area contributed by atoms with Crippen LogP contribution in [0.3, 0.4) is 0 Å². The highest BCUT2D eigenvalue weighted by Gasteiger charge is 1.68. The van der Waals surface area contributed by atoms with Gasteiger partial charge in [-0.25, -0.2) is 4.99 Å². The van der Waals surface area contributed by atoms with Crippen LogP contribution in [0.1, 0.15) is 0 Å². The van der Waals surface area contributed by atoms with Gasteiger partial charge in [0.05, 0.1) is 0 Å². The third kappa shape index (κ3) is 3.23. The van der Waals surface area contributed by atoms with Crippen molar-refractivity contribution >= 4 is 5.96 Å². The van der Waals surface area contributed by atoms with Crippen LogP contribution in [0.4, 0.5) is 0 Å². The van der Waals surface area contributed by atoms with E-state index >= 15 is 0 Å². The van der Waals surface area contributed by atoms with E-state index in [1.807, 2.05) is 0 Å². The van der Waals surface area contributed by atoms with E-state index in [9.17, 15) is 0 Å². The first-order chi connectivity index (χ1) is 2.77. The first-order valence-electron chi connectivity index (χ1n) is 1.43. The Balaban J connectivity index is 3.14. The van der Waals surface area contributed by atoms with E-state index < -0.39 is 0 Å². The molecular weight excluding hydrogens is 82.0 g/mol. The highest BCUT2D eigenvalue weighted by molar-refractivity contribution is 5.75. The van der Waals surface area contributed by atoms with Crippen molar-refractivity contribution in [2.45, 2.75) is 0 Å². The minimum absolute atomic E-state index is 0.0856. The second-order valence-corrected chi connectivity index (χ2v) is 0.724. The maximum absolute atomic E-state index is 7.89. The maximum Gasteiger partial charge on any atom is 0.188 e. The van der Waals surface area contributed by atoms with Gasteiger partial charge < -0.3 is 16.6 Å². The van der Waals surface area contributed by atoms with Crippen molar-refractivity contribution in [2.24, 2.45) is 16.5 Å². The van der Waals surface area contributed by atoms with Gasteiger partial charge in [0.1, 0.15) is 6.73 Å². The molecule has 0 bridgehead atoms. The van der Waals surface area contributed by atoms with Crippen LogP contribution in [0.25, 0.3) is 0 Å². The van der Waals surface area contributed by atoms with Crippen LogP contribution in [-0.4, -0.2) is 17.8 Å². The van der Waals surface area contributed by atoms with Gasteiger partial charge in [0, 0.05) is 0 Å². The molecule has 0 fully saturated rings. The molecule has 0 saturated carbocycles. The summed E-state index contributed by atoms with van der Waals surface area (Å²) in [6.07, 6.45) is 0. The Kier molecular flexibility index (Phi) is 2.15. The minimum Gasteiger partial charge on any atom is -0.374 e. The van der Waals surface area contributed by atoms with Crippen molar-refractivity contribution in [3.05, 3.63) is 0 Å². The third-order valence-electron chi connectivity index (χ3n) is 0.253. The lowest BCUT2D eigenvalue weighted by Gasteiger charge is -1.82. The molecule has 0 aromatic heterocycles. The van der Waals surface area contributed by atoms with Gasteiger partial charge in [-0.15, -0.1) is 0 Å². The Hall–Kier alpha value is -0.770. The lowest BCUT2D eigenvalue weighted by atomic mass is 11.0. The van der Waals surface area contributed by atoms with Gasteiger partial charge in [-0.3, -0.25) is 0 Å². The van der Waals surface area contributed by atoms with Crippen LogP contribution in [0.15, 0.2) is 4.99 Å². The van der Waals surface area contributed by atoms with Crippen molar-refractivity contribution in [3.8, 4) is 0 Å². The van der Waals surface area contributed by atoms with Gasteiger partial charge in [0.25, 0.3) is 0 Å². The Bertz CT molecular complexity index is 55.8. The maximum atomic E-state index is 7.89. The van der Waals surface area contributed by atoms with E-state index in [1.165, 1.54) is 0 Å². The molecule has 0 aromatic carbocycles. The van der Waals surface area contributed by atoms with Crippen molar-refractivity contribution in [1.82, 2.24) is 0 Å². The Morgan fingerprint density at radius 1 is 1.67 bits per heavy atom. The number of aliphatic hydroxyl groups is 1. The second kappa shape index (κ2) is 2.47. The van der Waals surface area contributed by atoms with Crippen LogP contribution in [0.2, 0.25) is 0 Å². The molecule has 4 nitrogen and oxygen atoms in total. The highest BCUT2D eigenvalue weighted by Crippen LogP contribution is 1.53. The van der Waals surface area contributed by atoms with Gasteiger partial charge in [-0.05, 0) is 0 Å². The smallest absolute Gasteiger partial charge is 0.188 e. The van der Waals surface area contributed by atoms with Crippen LogP contribution < -0.4 is 11.5 Å². The summed E-state index contributed by atoms with van der Waals surface area (Å²) in [5.74, 6) is -0.0856. The van der Waals surface area contributed by atoms with Gasteiger partial charge in [0.15, 0.2) is 5.96 Å². The van der Waals surface area contributed by atoms with E-state index in [0.29, 0.717) is 0 Å². The molecule has 0 aliphatic rings. The van der Waals surface area contributed by atoms with E-state index in [0.717, 1.165) is 0 Å². The summed E-state index contributed by atoms with van der Waals surface area (Å²) in [5, 5.41) is 7.89. The zero-order valence-corrected chi connectivity index (χ0v) is 3.26. The number of hydrogen-bond donors (Lipinski definition) is 3. The van der Waals surface area contributed by atoms with Crippen LogP contribution >= 0.6 is 0 Å². The van der Waals surface area contributed by atoms with Gasteiger partial charge in [-0.2, -0.15) is 0 Å². The third-order valence-corrected chi connectivity index (χ3v) is 0.253. The predicted octanol–water partition coefficient (Wildman–Crippen LogP) is -1.79. The molecule has 0 radical (unpaired) electrons. The number of aliphatic hydroxyl groups excluding tert-OH is 1. The zero-order chi connectivity index (χ0) is 4.99. The van der Waals surface area contributed by atoms with Crippen molar-refractivity contribution < 1.29 is 5.11 Å². The lowest BCUT2D eigenvalue weighted by molar-refractivity contribution is 0.309. The lowest BCUT2D eigenvalue weighted by Crippen LogP contribution is -2.22.